The van der Waals surface area contributed by atoms with Crippen molar-refractivity contribution in [3.05, 3.63) is 34.4 Å². The van der Waals surface area contributed by atoms with Gasteiger partial charge in [0, 0.05) is 6.07 Å². The molecular weight excluding hydrogens is 244 g/mol. The van der Waals surface area contributed by atoms with Crippen LogP contribution in [0.1, 0.15) is 25.7 Å². The van der Waals surface area contributed by atoms with Crippen LogP contribution in [-0.4, -0.2) is 18.1 Å². The molecule has 0 aliphatic heterocycles. The summed E-state index contributed by atoms with van der Waals surface area (Å²) >= 11 is 0. The summed E-state index contributed by atoms with van der Waals surface area (Å²) in [6.45, 7) is 1.19. The average molecular weight is 264 g/mol. The van der Waals surface area contributed by atoms with Gasteiger partial charge in [-0.1, -0.05) is 25.0 Å². The number of para-hydroxylation sites is 2. The van der Waals surface area contributed by atoms with E-state index < -0.39 is 4.92 Å². The van der Waals surface area contributed by atoms with Crippen molar-refractivity contribution in [2.75, 3.05) is 13.2 Å². The third kappa shape index (κ3) is 3.44. The fourth-order valence-electron chi connectivity index (χ4n) is 2.74. The Hall–Kier alpha value is -1.62. The minimum Gasteiger partial charge on any atom is -0.487 e. The highest BCUT2D eigenvalue weighted by Crippen LogP contribution is 2.32. The predicted molar refractivity (Wildman–Crippen MR) is 73.1 cm³/mol. The second-order valence-electron chi connectivity index (χ2n) is 5.08. The first-order valence-corrected chi connectivity index (χ1v) is 6.78. The van der Waals surface area contributed by atoms with Crippen LogP contribution in [0.4, 0.5) is 5.69 Å². The molecule has 1 saturated carbocycles. The predicted octanol–water partition coefficient (Wildman–Crippen LogP) is 2.74. The fraction of sp³-hybridized carbons (Fsp3) is 0.571. The summed E-state index contributed by atoms with van der Waals surface area (Å²) in [5, 5.41) is 10.9. The molecule has 2 unspecified atom stereocenters. The molecule has 0 bridgehead atoms. The number of nitrogens with two attached hydrogens (primary N) is 1. The molecule has 0 aromatic heterocycles. The molecule has 19 heavy (non-hydrogen) atoms. The highest BCUT2D eigenvalue weighted by molar-refractivity contribution is 5.45. The highest BCUT2D eigenvalue weighted by atomic mass is 16.6. The molecule has 1 aliphatic rings. The van der Waals surface area contributed by atoms with Gasteiger partial charge in [0.25, 0.3) is 0 Å². The molecule has 5 nitrogen and oxygen atoms in total. The van der Waals surface area contributed by atoms with Crippen molar-refractivity contribution in [2.24, 2.45) is 17.6 Å². The summed E-state index contributed by atoms with van der Waals surface area (Å²) < 4.78 is 5.67. The Bertz CT molecular complexity index is 436. The number of hydrogen-bond donors (Lipinski definition) is 1. The minimum absolute atomic E-state index is 0.0302. The highest BCUT2D eigenvalue weighted by Gasteiger charge is 2.25. The van der Waals surface area contributed by atoms with Gasteiger partial charge in [-0.25, -0.2) is 0 Å². The molecule has 0 saturated heterocycles. The van der Waals surface area contributed by atoms with Crippen LogP contribution < -0.4 is 10.5 Å². The Morgan fingerprint density at radius 2 is 1.95 bits per heavy atom. The smallest absolute Gasteiger partial charge is 0.310 e. The molecule has 0 amide bonds. The van der Waals surface area contributed by atoms with Crippen LogP contribution in [0.5, 0.6) is 5.75 Å². The second-order valence-corrected chi connectivity index (χ2v) is 5.08. The fourth-order valence-corrected chi connectivity index (χ4v) is 2.74. The van der Waals surface area contributed by atoms with Crippen LogP contribution in [-0.2, 0) is 0 Å². The van der Waals surface area contributed by atoms with Crippen LogP contribution in [0.15, 0.2) is 24.3 Å². The number of benzene rings is 1. The second kappa shape index (κ2) is 6.52. The lowest BCUT2D eigenvalue weighted by atomic mass is 9.80. The van der Waals surface area contributed by atoms with Gasteiger partial charge in [-0.3, -0.25) is 10.1 Å². The van der Waals surface area contributed by atoms with E-state index in [4.69, 9.17) is 10.5 Å². The Labute approximate surface area is 112 Å². The summed E-state index contributed by atoms with van der Waals surface area (Å²) in [6.07, 6.45) is 4.66. The van der Waals surface area contributed by atoms with Crippen molar-refractivity contribution < 1.29 is 9.66 Å². The largest absolute Gasteiger partial charge is 0.487 e. The number of hydrogen-bond acceptors (Lipinski definition) is 4. The van der Waals surface area contributed by atoms with Gasteiger partial charge in [0.05, 0.1) is 11.5 Å². The molecule has 1 fully saturated rings. The number of nitro groups is 1. The maximum absolute atomic E-state index is 10.9. The van der Waals surface area contributed by atoms with E-state index in [2.05, 4.69) is 0 Å². The zero-order valence-electron chi connectivity index (χ0n) is 11.0. The van der Waals surface area contributed by atoms with Gasteiger partial charge >= 0.3 is 5.69 Å². The van der Waals surface area contributed by atoms with E-state index in [1.165, 1.54) is 18.9 Å². The van der Waals surface area contributed by atoms with Gasteiger partial charge in [-0.05, 0) is 37.3 Å². The first kappa shape index (κ1) is 13.8. The lowest BCUT2D eigenvalue weighted by molar-refractivity contribution is -0.385. The van der Waals surface area contributed by atoms with Gasteiger partial charge in [-0.2, -0.15) is 0 Å². The number of ether oxygens (including phenoxy) is 1. The Morgan fingerprint density at radius 3 is 2.63 bits per heavy atom. The molecule has 2 rings (SSSR count). The van der Waals surface area contributed by atoms with Crippen molar-refractivity contribution in [3.63, 3.8) is 0 Å². The molecule has 1 aliphatic carbocycles. The SMILES string of the molecule is NCC1CCCCC1COc1ccccc1[N+](=O)[O-]. The molecule has 1 aromatic rings. The molecule has 1 aromatic carbocycles. The van der Waals surface area contributed by atoms with Gasteiger partial charge in [-0.15, -0.1) is 0 Å². The summed E-state index contributed by atoms with van der Waals surface area (Å²) in [4.78, 5) is 10.5. The normalized spacial score (nSPS) is 23.0. The first-order valence-electron chi connectivity index (χ1n) is 6.78. The summed E-state index contributed by atoms with van der Waals surface area (Å²) in [5.74, 6) is 1.25. The van der Waals surface area contributed by atoms with Gasteiger partial charge < -0.3 is 10.5 Å². The lowest BCUT2D eigenvalue weighted by Crippen LogP contribution is -2.30. The monoisotopic (exact) mass is 264 g/mol. The molecule has 0 heterocycles. The van der Waals surface area contributed by atoms with Crippen LogP contribution >= 0.6 is 0 Å². The van der Waals surface area contributed by atoms with Crippen molar-refractivity contribution in [1.82, 2.24) is 0 Å². The van der Waals surface area contributed by atoms with Crippen molar-refractivity contribution in [3.8, 4) is 5.75 Å². The van der Waals surface area contributed by atoms with Gasteiger partial charge in [0.1, 0.15) is 0 Å². The minimum atomic E-state index is -0.406. The topological polar surface area (TPSA) is 78.4 Å². The molecule has 104 valence electrons. The van der Waals surface area contributed by atoms with E-state index in [1.54, 1.807) is 18.2 Å². The maximum Gasteiger partial charge on any atom is 0.310 e. The third-order valence-corrected chi connectivity index (χ3v) is 3.88. The lowest BCUT2D eigenvalue weighted by Gasteiger charge is -2.30. The molecule has 0 radical (unpaired) electrons. The molecular formula is C14H20N2O3. The summed E-state index contributed by atoms with van der Waals surface area (Å²) in [7, 11) is 0. The number of rotatable bonds is 5. The summed E-state index contributed by atoms with van der Waals surface area (Å²) in [6, 6.07) is 6.52. The van der Waals surface area contributed by atoms with Crippen molar-refractivity contribution >= 4 is 5.69 Å². The standard InChI is InChI=1S/C14H20N2O3/c15-9-11-5-1-2-6-12(11)10-19-14-8-4-3-7-13(14)16(17)18/h3-4,7-8,11-12H,1-2,5-6,9-10,15H2. The van der Waals surface area contributed by atoms with Crippen molar-refractivity contribution in [1.29, 1.82) is 0 Å². The third-order valence-electron chi connectivity index (χ3n) is 3.88. The molecule has 5 heteroatoms. The molecule has 2 atom stereocenters. The van der Waals surface area contributed by atoms with E-state index >= 15 is 0 Å². The van der Waals surface area contributed by atoms with Crippen LogP contribution in [0, 0.1) is 22.0 Å². The van der Waals surface area contributed by atoms with Gasteiger partial charge in [0.2, 0.25) is 0 Å². The number of nitro benzene ring substituents is 1. The maximum atomic E-state index is 10.9. The Morgan fingerprint density at radius 1 is 1.26 bits per heavy atom. The Kier molecular flexibility index (Phi) is 4.74. The van der Waals surface area contributed by atoms with E-state index in [9.17, 15) is 10.1 Å². The zero-order chi connectivity index (χ0) is 13.7. The van der Waals surface area contributed by atoms with Crippen LogP contribution in [0.3, 0.4) is 0 Å². The van der Waals surface area contributed by atoms with E-state index in [0.717, 1.165) is 12.8 Å². The zero-order valence-corrected chi connectivity index (χ0v) is 11.0. The molecule has 2 N–H and O–H groups in total. The average Bonchev–Trinajstić information content (AvgIpc) is 2.45. The Balaban J connectivity index is 2.00. The summed E-state index contributed by atoms with van der Waals surface area (Å²) in [5.41, 5.74) is 5.81. The molecule has 0 spiro atoms. The van der Waals surface area contributed by atoms with E-state index in [1.807, 2.05) is 0 Å². The van der Waals surface area contributed by atoms with Crippen molar-refractivity contribution in [2.45, 2.75) is 25.7 Å². The number of nitrogens with zero attached hydrogens (tertiary/aromatic N) is 1. The van der Waals surface area contributed by atoms with Crippen LogP contribution in [0.2, 0.25) is 0 Å². The van der Waals surface area contributed by atoms with Crippen LogP contribution in [0.25, 0.3) is 0 Å². The first-order chi connectivity index (χ1) is 9.22. The van der Waals surface area contributed by atoms with Gasteiger partial charge in [0.15, 0.2) is 5.75 Å². The quantitative estimate of drug-likeness (QED) is 0.655. The van der Waals surface area contributed by atoms with E-state index in [-0.39, 0.29) is 5.69 Å². The van der Waals surface area contributed by atoms with E-state index in [0.29, 0.717) is 30.7 Å².